The zero-order chi connectivity index (χ0) is 16.9. The predicted octanol–water partition coefficient (Wildman–Crippen LogP) is 2.30. The second-order valence-electron chi connectivity index (χ2n) is 6.13. The van der Waals surface area contributed by atoms with Gasteiger partial charge in [-0.2, -0.15) is 5.26 Å². The minimum absolute atomic E-state index is 0.0497. The maximum Gasteiger partial charge on any atom is 0.255 e. The average molecular weight is 320 g/mol. The van der Waals surface area contributed by atoms with E-state index in [9.17, 15) is 4.79 Å². The van der Waals surface area contributed by atoms with Crippen LogP contribution in [0.2, 0.25) is 0 Å². The van der Waals surface area contributed by atoms with E-state index in [2.05, 4.69) is 22.9 Å². The van der Waals surface area contributed by atoms with Crippen LogP contribution in [0.15, 0.2) is 48.8 Å². The number of nitriles is 1. The highest BCUT2D eigenvalue weighted by Crippen LogP contribution is 2.16. The third kappa shape index (κ3) is 3.61. The van der Waals surface area contributed by atoms with Gasteiger partial charge in [-0.05, 0) is 36.8 Å². The van der Waals surface area contributed by atoms with E-state index in [-0.39, 0.29) is 11.9 Å². The largest absolute Gasteiger partial charge is 0.333 e. The molecule has 2 heterocycles. The summed E-state index contributed by atoms with van der Waals surface area (Å²) in [7, 11) is 0. The summed E-state index contributed by atoms with van der Waals surface area (Å²) in [5.74, 6) is 0.0497. The van der Waals surface area contributed by atoms with Gasteiger partial charge in [0.2, 0.25) is 0 Å². The molecule has 24 heavy (non-hydrogen) atoms. The summed E-state index contributed by atoms with van der Waals surface area (Å²) in [6.07, 6.45) is 3.30. The monoisotopic (exact) mass is 320 g/mol. The first-order valence-electron chi connectivity index (χ1n) is 8.10. The molecule has 0 N–H and O–H groups in total. The van der Waals surface area contributed by atoms with Crippen LogP contribution in [0.1, 0.15) is 28.4 Å². The van der Waals surface area contributed by atoms with Crippen molar-refractivity contribution < 1.29 is 4.79 Å². The normalized spacial score (nSPS) is 18.2. The molecule has 0 bridgehead atoms. The fourth-order valence-electron chi connectivity index (χ4n) is 3.08. The molecule has 122 valence electrons. The molecule has 1 saturated heterocycles. The Balaban J connectivity index is 1.60. The highest BCUT2D eigenvalue weighted by molar-refractivity contribution is 5.94. The van der Waals surface area contributed by atoms with Crippen LogP contribution in [0.25, 0.3) is 0 Å². The SMILES string of the molecule is C[C@@H]1CN(Cc2ccc(C#N)cc2)CCN1C(=O)c1cccnc1. The molecule has 0 aliphatic carbocycles. The highest BCUT2D eigenvalue weighted by atomic mass is 16.2. The zero-order valence-corrected chi connectivity index (χ0v) is 13.7. The summed E-state index contributed by atoms with van der Waals surface area (Å²) in [4.78, 5) is 20.9. The van der Waals surface area contributed by atoms with Crippen LogP contribution >= 0.6 is 0 Å². The number of carbonyl (C=O) groups excluding carboxylic acids is 1. The Labute approximate surface area is 142 Å². The third-order valence-electron chi connectivity index (χ3n) is 4.37. The first kappa shape index (κ1) is 16.2. The van der Waals surface area contributed by atoms with Gasteiger partial charge in [0.15, 0.2) is 0 Å². The lowest BCUT2D eigenvalue weighted by Gasteiger charge is -2.40. The summed E-state index contributed by atoms with van der Waals surface area (Å²) in [5.41, 5.74) is 2.51. The van der Waals surface area contributed by atoms with Crippen LogP contribution in [0.5, 0.6) is 0 Å². The van der Waals surface area contributed by atoms with Gasteiger partial charge >= 0.3 is 0 Å². The van der Waals surface area contributed by atoms with Gasteiger partial charge in [-0.3, -0.25) is 14.7 Å². The number of rotatable bonds is 3. The number of nitrogens with zero attached hydrogens (tertiary/aromatic N) is 4. The summed E-state index contributed by atoms with van der Waals surface area (Å²) in [6.45, 7) is 5.32. The van der Waals surface area contributed by atoms with E-state index in [4.69, 9.17) is 5.26 Å². The number of benzene rings is 1. The third-order valence-corrected chi connectivity index (χ3v) is 4.37. The van der Waals surface area contributed by atoms with E-state index in [0.29, 0.717) is 17.7 Å². The van der Waals surface area contributed by atoms with Crippen molar-refractivity contribution in [2.45, 2.75) is 19.5 Å². The van der Waals surface area contributed by atoms with Gasteiger partial charge in [0, 0.05) is 44.6 Å². The van der Waals surface area contributed by atoms with Gasteiger partial charge in [0.25, 0.3) is 5.91 Å². The maximum atomic E-state index is 12.6. The van der Waals surface area contributed by atoms with Gasteiger partial charge < -0.3 is 4.90 Å². The lowest BCUT2D eigenvalue weighted by molar-refractivity contribution is 0.0475. The second kappa shape index (κ2) is 7.24. The first-order valence-corrected chi connectivity index (χ1v) is 8.10. The van der Waals surface area contributed by atoms with Crippen LogP contribution in [-0.4, -0.2) is 46.4 Å². The molecule has 0 spiro atoms. The van der Waals surface area contributed by atoms with Gasteiger partial charge in [0.05, 0.1) is 17.2 Å². The lowest BCUT2D eigenvalue weighted by atomic mass is 10.1. The molecule has 1 amide bonds. The van der Waals surface area contributed by atoms with Crippen LogP contribution in [0, 0.1) is 11.3 Å². The van der Waals surface area contributed by atoms with Crippen LogP contribution < -0.4 is 0 Å². The van der Waals surface area contributed by atoms with Crippen molar-refractivity contribution in [3.05, 3.63) is 65.5 Å². The number of pyridine rings is 1. The van der Waals surface area contributed by atoms with Crippen molar-refractivity contribution in [2.24, 2.45) is 0 Å². The van der Waals surface area contributed by atoms with E-state index in [1.807, 2.05) is 35.2 Å². The molecular weight excluding hydrogens is 300 g/mol. The van der Waals surface area contributed by atoms with Crippen LogP contribution in [-0.2, 0) is 6.54 Å². The maximum absolute atomic E-state index is 12.6. The van der Waals surface area contributed by atoms with Crippen molar-refractivity contribution in [1.82, 2.24) is 14.8 Å². The quantitative estimate of drug-likeness (QED) is 0.870. The molecular formula is C19H20N4O. The summed E-state index contributed by atoms with van der Waals surface area (Å²) in [5, 5.41) is 8.86. The van der Waals surface area contributed by atoms with Crippen molar-refractivity contribution in [2.75, 3.05) is 19.6 Å². The molecule has 5 nitrogen and oxygen atoms in total. The van der Waals surface area contributed by atoms with E-state index in [1.54, 1.807) is 18.5 Å². The Morgan fingerprint density at radius 1 is 1.29 bits per heavy atom. The molecule has 1 atom stereocenters. The minimum atomic E-state index is 0.0497. The lowest BCUT2D eigenvalue weighted by Crippen LogP contribution is -2.53. The molecule has 1 fully saturated rings. The highest BCUT2D eigenvalue weighted by Gasteiger charge is 2.28. The van der Waals surface area contributed by atoms with Gasteiger partial charge in [-0.1, -0.05) is 12.1 Å². The Morgan fingerprint density at radius 2 is 2.08 bits per heavy atom. The van der Waals surface area contributed by atoms with Gasteiger partial charge in [-0.15, -0.1) is 0 Å². The number of amides is 1. The topological polar surface area (TPSA) is 60.2 Å². The number of hydrogen-bond acceptors (Lipinski definition) is 4. The second-order valence-corrected chi connectivity index (χ2v) is 6.13. The molecule has 0 saturated carbocycles. The zero-order valence-electron chi connectivity index (χ0n) is 13.7. The molecule has 0 radical (unpaired) electrons. The van der Waals surface area contributed by atoms with Crippen LogP contribution in [0.3, 0.4) is 0 Å². The smallest absolute Gasteiger partial charge is 0.255 e. The summed E-state index contributed by atoms with van der Waals surface area (Å²) < 4.78 is 0. The molecule has 5 heteroatoms. The van der Waals surface area contributed by atoms with E-state index >= 15 is 0 Å². The van der Waals surface area contributed by atoms with E-state index in [0.717, 1.165) is 19.6 Å². The van der Waals surface area contributed by atoms with Crippen molar-refractivity contribution in [3.8, 4) is 6.07 Å². The number of hydrogen-bond donors (Lipinski definition) is 0. The first-order chi connectivity index (χ1) is 11.7. The molecule has 3 rings (SSSR count). The number of aromatic nitrogens is 1. The molecule has 1 aliphatic heterocycles. The minimum Gasteiger partial charge on any atom is -0.333 e. The molecule has 1 aliphatic rings. The number of carbonyl (C=O) groups is 1. The average Bonchev–Trinajstić information content (AvgIpc) is 2.63. The molecule has 2 aromatic rings. The Bertz CT molecular complexity index is 736. The Kier molecular flexibility index (Phi) is 4.88. The van der Waals surface area contributed by atoms with Gasteiger partial charge in [0.1, 0.15) is 0 Å². The standard InChI is InChI=1S/C19H20N4O/c1-15-13-22(14-17-6-4-16(11-20)5-7-17)9-10-23(15)19(24)18-3-2-8-21-12-18/h2-8,12,15H,9-10,13-14H2,1H3/t15-/m1/s1. The van der Waals surface area contributed by atoms with E-state index < -0.39 is 0 Å². The Hall–Kier alpha value is -2.71. The van der Waals surface area contributed by atoms with Crippen molar-refractivity contribution in [3.63, 3.8) is 0 Å². The summed E-state index contributed by atoms with van der Waals surface area (Å²) in [6, 6.07) is 13.6. The molecule has 1 aromatic carbocycles. The van der Waals surface area contributed by atoms with Crippen molar-refractivity contribution >= 4 is 5.91 Å². The van der Waals surface area contributed by atoms with Crippen molar-refractivity contribution in [1.29, 1.82) is 5.26 Å². The molecule has 1 aromatic heterocycles. The van der Waals surface area contributed by atoms with Gasteiger partial charge in [-0.25, -0.2) is 0 Å². The van der Waals surface area contributed by atoms with E-state index in [1.165, 1.54) is 5.56 Å². The fourth-order valence-corrected chi connectivity index (χ4v) is 3.08. The molecule has 0 unspecified atom stereocenters. The Morgan fingerprint density at radius 3 is 2.71 bits per heavy atom. The fraction of sp³-hybridized carbons (Fsp3) is 0.316. The summed E-state index contributed by atoms with van der Waals surface area (Å²) >= 11 is 0. The predicted molar refractivity (Wildman–Crippen MR) is 91.2 cm³/mol. The van der Waals surface area contributed by atoms with Crippen LogP contribution in [0.4, 0.5) is 0 Å². The number of piperazine rings is 1.